The molecule has 1 heterocycles. The summed E-state index contributed by atoms with van der Waals surface area (Å²) < 4.78 is 12.2. The average Bonchev–Trinajstić information content (AvgIpc) is 2.78. The lowest BCUT2D eigenvalue weighted by molar-refractivity contribution is -0.132. The number of nitrogens with zero attached hydrogens (tertiary/aromatic N) is 3. The monoisotopic (exact) mass is 547 g/mol. The van der Waals surface area contributed by atoms with Crippen LogP contribution in [0.2, 0.25) is 0 Å². The van der Waals surface area contributed by atoms with Crippen molar-refractivity contribution in [2.45, 2.75) is 6.61 Å². The molecule has 31 heavy (non-hydrogen) atoms. The number of hydrogen-bond acceptors (Lipinski definition) is 6. The molecular formula is C22H18IN3O4S. The number of thiocarbonyl (C=S) groups is 1. The number of benzene rings is 2. The zero-order valence-corrected chi connectivity index (χ0v) is 20.0. The van der Waals surface area contributed by atoms with Crippen molar-refractivity contribution in [3.8, 4) is 17.6 Å². The first-order valence-electron chi connectivity index (χ1n) is 9.08. The molecule has 0 N–H and O–H groups in total. The summed E-state index contributed by atoms with van der Waals surface area (Å²) in [6.07, 6.45) is 1.51. The summed E-state index contributed by atoms with van der Waals surface area (Å²) in [5.74, 6) is 0.0295. The van der Waals surface area contributed by atoms with E-state index in [1.54, 1.807) is 24.3 Å². The van der Waals surface area contributed by atoms with E-state index in [-0.39, 0.29) is 17.3 Å². The normalized spacial score (nSPS) is 13.9. The highest BCUT2D eigenvalue weighted by Gasteiger charge is 2.35. The molecule has 0 bridgehead atoms. The summed E-state index contributed by atoms with van der Waals surface area (Å²) in [7, 11) is 4.57. The van der Waals surface area contributed by atoms with E-state index >= 15 is 0 Å². The molecule has 0 radical (unpaired) electrons. The van der Waals surface area contributed by atoms with Crippen LogP contribution in [-0.4, -0.2) is 47.9 Å². The van der Waals surface area contributed by atoms with Gasteiger partial charge >= 0.3 is 0 Å². The number of nitriles is 1. The van der Waals surface area contributed by atoms with Crippen LogP contribution in [-0.2, 0) is 16.2 Å². The van der Waals surface area contributed by atoms with Gasteiger partial charge in [-0.05, 0) is 64.6 Å². The maximum absolute atomic E-state index is 12.6. The number of halogens is 1. The lowest BCUT2D eigenvalue weighted by Gasteiger charge is -2.31. The van der Waals surface area contributed by atoms with E-state index in [4.69, 9.17) is 21.7 Å². The first-order valence-corrected chi connectivity index (χ1v) is 10.6. The molecule has 0 aliphatic carbocycles. The lowest BCUT2D eigenvalue weighted by Crippen LogP contribution is -2.52. The fourth-order valence-electron chi connectivity index (χ4n) is 3.01. The standard InChI is InChI=1S/C22H18IN3O4S/c1-25-20(27)16(21(28)26(2)22(25)31)8-13-9-17(23)19(18(10-13)29-3)30-12-15-7-5-4-6-14(15)11-24/h4-10H,12H2,1-3H3. The molecule has 2 aromatic rings. The Labute approximate surface area is 199 Å². The van der Waals surface area contributed by atoms with Gasteiger partial charge in [0, 0.05) is 19.7 Å². The van der Waals surface area contributed by atoms with Crippen molar-refractivity contribution in [1.82, 2.24) is 9.80 Å². The summed E-state index contributed by atoms with van der Waals surface area (Å²) in [4.78, 5) is 27.6. The number of hydrogen-bond donors (Lipinski definition) is 0. The van der Waals surface area contributed by atoms with Gasteiger partial charge in [-0.3, -0.25) is 19.4 Å². The second-order valence-electron chi connectivity index (χ2n) is 6.66. The molecule has 1 saturated heterocycles. The number of carbonyl (C=O) groups excluding carboxylic acids is 2. The van der Waals surface area contributed by atoms with E-state index in [9.17, 15) is 14.9 Å². The minimum Gasteiger partial charge on any atom is -0.493 e. The Morgan fingerprint density at radius 2 is 1.81 bits per heavy atom. The van der Waals surface area contributed by atoms with Crippen LogP contribution >= 0.6 is 34.8 Å². The second kappa shape index (κ2) is 9.45. The van der Waals surface area contributed by atoms with Gasteiger partial charge in [-0.1, -0.05) is 18.2 Å². The number of likely N-dealkylation sites (N-methyl/N-ethyl adjacent to an activating group) is 2. The Morgan fingerprint density at radius 1 is 1.16 bits per heavy atom. The van der Waals surface area contributed by atoms with Crippen LogP contribution in [0.5, 0.6) is 11.5 Å². The summed E-state index contributed by atoms with van der Waals surface area (Å²) in [6, 6.07) is 12.8. The molecule has 1 aliphatic rings. The molecule has 0 atom stereocenters. The van der Waals surface area contributed by atoms with Gasteiger partial charge in [-0.25, -0.2) is 0 Å². The third-order valence-corrected chi connectivity index (χ3v) is 6.07. The average molecular weight is 547 g/mol. The van der Waals surface area contributed by atoms with Crippen LogP contribution in [0.4, 0.5) is 0 Å². The summed E-state index contributed by atoms with van der Waals surface area (Å²) in [5.41, 5.74) is 1.92. The van der Waals surface area contributed by atoms with E-state index in [0.29, 0.717) is 22.6 Å². The number of amides is 2. The van der Waals surface area contributed by atoms with Crippen LogP contribution in [0, 0.1) is 14.9 Å². The molecule has 0 spiro atoms. The van der Waals surface area contributed by atoms with E-state index in [1.807, 2.05) is 12.1 Å². The molecule has 158 valence electrons. The van der Waals surface area contributed by atoms with Gasteiger partial charge in [0.05, 0.1) is 22.3 Å². The van der Waals surface area contributed by atoms with Gasteiger partial charge in [0.1, 0.15) is 12.2 Å². The smallest absolute Gasteiger partial charge is 0.265 e. The first-order chi connectivity index (χ1) is 14.8. The summed E-state index contributed by atoms with van der Waals surface area (Å²) in [6.45, 7) is 0.195. The molecule has 9 heteroatoms. The highest BCUT2D eigenvalue weighted by Crippen LogP contribution is 2.35. The van der Waals surface area contributed by atoms with Crippen molar-refractivity contribution < 1.29 is 19.1 Å². The Bertz CT molecular complexity index is 1130. The second-order valence-corrected chi connectivity index (χ2v) is 8.19. The zero-order valence-electron chi connectivity index (χ0n) is 17.0. The fourth-order valence-corrected chi connectivity index (χ4v) is 3.96. The SMILES string of the molecule is COc1cc(C=C2C(=O)N(C)C(=S)N(C)C2=O)cc(I)c1OCc1ccccc1C#N. The van der Waals surface area contributed by atoms with Crippen LogP contribution < -0.4 is 9.47 Å². The largest absolute Gasteiger partial charge is 0.493 e. The Balaban J connectivity index is 1.93. The van der Waals surface area contributed by atoms with Gasteiger partial charge in [-0.15, -0.1) is 0 Å². The molecule has 2 aromatic carbocycles. The first kappa shape index (κ1) is 22.7. The van der Waals surface area contributed by atoms with E-state index < -0.39 is 11.8 Å². The minimum absolute atomic E-state index is 0.00747. The van der Waals surface area contributed by atoms with Crippen molar-refractivity contribution >= 4 is 57.8 Å². The molecule has 7 nitrogen and oxygen atoms in total. The van der Waals surface area contributed by atoms with Crippen LogP contribution in [0.3, 0.4) is 0 Å². The minimum atomic E-state index is -0.462. The van der Waals surface area contributed by atoms with E-state index in [0.717, 1.165) is 9.13 Å². The van der Waals surface area contributed by atoms with Gasteiger partial charge in [0.15, 0.2) is 16.6 Å². The number of rotatable bonds is 5. The maximum Gasteiger partial charge on any atom is 0.265 e. The number of carbonyl (C=O) groups is 2. The molecule has 0 unspecified atom stereocenters. The highest BCUT2D eigenvalue weighted by atomic mass is 127. The quantitative estimate of drug-likeness (QED) is 0.247. The molecule has 3 rings (SSSR count). The Morgan fingerprint density at radius 3 is 2.42 bits per heavy atom. The molecule has 0 saturated carbocycles. The molecule has 2 amide bonds. The van der Waals surface area contributed by atoms with Crippen molar-refractivity contribution in [2.75, 3.05) is 21.2 Å². The Hall–Kier alpha value is -2.97. The van der Waals surface area contributed by atoms with Gasteiger partial charge in [0.25, 0.3) is 11.8 Å². The third kappa shape index (κ3) is 4.55. The van der Waals surface area contributed by atoms with Crippen LogP contribution in [0.15, 0.2) is 42.0 Å². The predicted molar refractivity (Wildman–Crippen MR) is 127 cm³/mol. The predicted octanol–water partition coefficient (Wildman–Crippen LogP) is 3.35. The van der Waals surface area contributed by atoms with E-state index in [1.165, 1.54) is 37.1 Å². The van der Waals surface area contributed by atoms with Crippen molar-refractivity contribution in [3.05, 3.63) is 62.2 Å². The van der Waals surface area contributed by atoms with Crippen molar-refractivity contribution in [2.24, 2.45) is 0 Å². The maximum atomic E-state index is 12.6. The van der Waals surface area contributed by atoms with Gasteiger partial charge in [-0.2, -0.15) is 5.26 Å². The molecule has 1 fully saturated rings. The van der Waals surface area contributed by atoms with Crippen molar-refractivity contribution in [1.29, 1.82) is 5.26 Å². The zero-order chi connectivity index (χ0) is 22.7. The van der Waals surface area contributed by atoms with Crippen molar-refractivity contribution in [3.63, 3.8) is 0 Å². The van der Waals surface area contributed by atoms with E-state index in [2.05, 4.69) is 28.7 Å². The van der Waals surface area contributed by atoms with Gasteiger partial charge < -0.3 is 9.47 Å². The van der Waals surface area contributed by atoms with Gasteiger partial charge in [0.2, 0.25) is 0 Å². The van der Waals surface area contributed by atoms with Crippen LogP contribution in [0.1, 0.15) is 16.7 Å². The third-order valence-electron chi connectivity index (χ3n) is 4.72. The highest BCUT2D eigenvalue weighted by molar-refractivity contribution is 14.1. The summed E-state index contributed by atoms with van der Waals surface area (Å²) >= 11 is 7.21. The molecule has 0 aromatic heterocycles. The number of ether oxygens (including phenoxy) is 2. The molecule has 1 aliphatic heterocycles. The summed E-state index contributed by atoms with van der Waals surface area (Å²) in [5, 5.41) is 9.40. The molecular weight excluding hydrogens is 529 g/mol. The fraction of sp³-hybridized carbons (Fsp3) is 0.182. The number of methoxy groups -OCH3 is 1. The Kier molecular flexibility index (Phi) is 6.92. The van der Waals surface area contributed by atoms with Crippen LogP contribution in [0.25, 0.3) is 6.08 Å². The lowest BCUT2D eigenvalue weighted by atomic mass is 10.1. The topological polar surface area (TPSA) is 82.9 Å².